The molecular weight excluding hydrogens is 246 g/mol. The Morgan fingerprint density at radius 2 is 1.65 bits per heavy atom. The number of carbonyl (C=O) groups excluding carboxylic acids is 1. The minimum atomic E-state index is 0.00123. The Hall–Kier alpha value is -2.35. The Labute approximate surface area is 120 Å². The Morgan fingerprint density at radius 3 is 2.30 bits per heavy atom. The second-order valence-corrected chi connectivity index (χ2v) is 5.01. The molecule has 2 aromatic carbocycles. The summed E-state index contributed by atoms with van der Waals surface area (Å²) in [7, 11) is 0. The highest BCUT2D eigenvalue weighted by Crippen LogP contribution is 2.14. The second-order valence-electron chi connectivity index (χ2n) is 5.01. The average Bonchev–Trinajstić information content (AvgIpc) is 2.43. The molecule has 0 aliphatic heterocycles. The van der Waals surface area contributed by atoms with E-state index in [1.807, 2.05) is 37.3 Å². The minimum Gasteiger partial charge on any atom is -0.362 e. The number of aryl methyl sites for hydroxylation is 3. The van der Waals surface area contributed by atoms with Gasteiger partial charge in [0.2, 0.25) is 0 Å². The van der Waals surface area contributed by atoms with Crippen LogP contribution in [0.2, 0.25) is 0 Å². The monoisotopic (exact) mass is 265 g/mol. The number of allylic oxidation sites excluding steroid dienone is 1. The summed E-state index contributed by atoms with van der Waals surface area (Å²) in [5, 5.41) is 3.12. The van der Waals surface area contributed by atoms with E-state index >= 15 is 0 Å². The molecule has 2 aromatic rings. The van der Waals surface area contributed by atoms with E-state index < -0.39 is 0 Å². The second kappa shape index (κ2) is 6.20. The van der Waals surface area contributed by atoms with Crippen LogP contribution < -0.4 is 5.32 Å². The van der Waals surface area contributed by atoms with Gasteiger partial charge in [0.05, 0.1) is 0 Å². The average molecular weight is 265 g/mol. The lowest BCUT2D eigenvalue weighted by Crippen LogP contribution is -1.96. The van der Waals surface area contributed by atoms with Crippen LogP contribution in [0.4, 0.5) is 5.69 Å². The third-order valence-corrected chi connectivity index (χ3v) is 3.33. The van der Waals surface area contributed by atoms with Crippen molar-refractivity contribution in [1.82, 2.24) is 0 Å². The maximum absolute atomic E-state index is 11.9. The molecule has 0 saturated heterocycles. The van der Waals surface area contributed by atoms with Crippen LogP contribution in [0.3, 0.4) is 0 Å². The van der Waals surface area contributed by atoms with Crippen molar-refractivity contribution in [3.63, 3.8) is 0 Å². The predicted molar refractivity (Wildman–Crippen MR) is 84.2 cm³/mol. The summed E-state index contributed by atoms with van der Waals surface area (Å²) in [6.45, 7) is 6.16. The zero-order valence-electron chi connectivity index (χ0n) is 12.1. The molecular formula is C18H19NO. The lowest BCUT2D eigenvalue weighted by molar-refractivity contribution is 0.104. The van der Waals surface area contributed by atoms with Crippen LogP contribution in [-0.4, -0.2) is 5.78 Å². The molecule has 0 bridgehead atoms. The molecule has 0 spiro atoms. The molecule has 0 atom stereocenters. The van der Waals surface area contributed by atoms with Gasteiger partial charge in [0, 0.05) is 23.5 Å². The first-order chi connectivity index (χ1) is 9.56. The van der Waals surface area contributed by atoms with Crippen molar-refractivity contribution in [1.29, 1.82) is 0 Å². The largest absolute Gasteiger partial charge is 0.362 e. The van der Waals surface area contributed by atoms with Crippen molar-refractivity contribution in [3.05, 3.63) is 77.0 Å². The number of nitrogens with one attached hydrogen (secondary N) is 1. The first-order valence-corrected chi connectivity index (χ1v) is 6.67. The molecule has 0 aliphatic rings. The summed E-state index contributed by atoms with van der Waals surface area (Å²) in [5.41, 5.74) is 5.33. The molecule has 2 heteroatoms. The van der Waals surface area contributed by atoms with Crippen LogP contribution >= 0.6 is 0 Å². The van der Waals surface area contributed by atoms with Crippen LogP contribution in [0.5, 0.6) is 0 Å². The number of hydrogen-bond donors (Lipinski definition) is 1. The molecule has 0 aromatic heterocycles. The summed E-state index contributed by atoms with van der Waals surface area (Å²) in [6.07, 6.45) is 3.24. The molecule has 0 fully saturated rings. The van der Waals surface area contributed by atoms with Crippen molar-refractivity contribution >= 4 is 11.5 Å². The van der Waals surface area contributed by atoms with Gasteiger partial charge in [-0.1, -0.05) is 35.9 Å². The van der Waals surface area contributed by atoms with E-state index in [2.05, 4.69) is 31.3 Å². The van der Waals surface area contributed by atoms with E-state index in [0.29, 0.717) is 5.56 Å². The van der Waals surface area contributed by atoms with Gasteiger partial charge in [0.25, 0.3) is 0 Å². The normalized spacial score (nSPS) is 10.8. The van der Waals surface area contributed by atoms with E-state index in [9.17, 15) is 4.79 Å². The van der Waals surface area contributed by atoms with Gasteiger partial charge in [0.15, 0.2) is 5.78 Å². The van der Waals surface area contributed by atoms with Crippen molar-refractivity contribution in [2.24, 2.45) is 0 Å². The summed E-state index contributed by atoms with van der Waals surface area (Å²) in [5.74, 6) is 0.00123. The lowest BCUT2D eigenvalue weighted by Gasteiger charge is -2.04. The minimum absolute atomic E-state index is 0.00123. The fourth-order valence-corrected chi connectivity index (χ4v) is 1.86. The number of hydrogen-bond acceptors (Lipinski definition) is 2. The third kappa shape index (κ3) is 3.58. The molecule has 1 N–H and O–H groups in total. The van der Waals surface area contributed by atoms with E-state index in [-0.39, 0.29) is 5.78 Å². The van der Waals surface area contributed by atoms with Crippen molar-refractivity contribution in [2.45, 2.75) is 20.8 Å². The van der Waals surface area contributed by atoms with E-state index in [0.717, 1.165) is 11.3 Å². The highest BCUT2D eigenvalue weighted by molar-refractivity contribution is 6.04. The predicted octanol–water partition coefficient (Wildman–Crippen LogP) is 4.42. The maximum atomic E-state index is 11.9. The van der Waals surface area contributed by atoms with Crippen LogP contribution in [0, 0.1) is 20.8 Å². The summed E-state index contributed by atoms with van der Waals surface area (Å²) < 4.78 is 0. The summed E-state index contributed by atoms with van der Waals surface area (Å²) in [4.78, 5) is 11.9. The Balaban J connectivity index is 2.00. The number of carbonyl (C=O) groups is 1. The van der Waals surface area contributed by atoms with E-state index in [4.69, 9.17) is 0 Å². The highest BCUT2D eigenvalue weighted by Gasteiger charge is 2.00. The van der Waals surface area contributed by atoms with Gasteiger partial charge in [0.1, 0.15) is 0 Å². The van der Waals surface area contributed by atoms with Gasteiger partial charge in [-0.3, -0.25) is 4.79 Å². The van der Waals surface area contributed by atoms with Gasteiger partial charge in [-0.25, -0.2) is 0 Å². The molecule has 102 valence electrons. The number of benzene rings is 2. The van der Waals surface area contributed by atoms with E-state index in [1.54, 1.807) is 12.3 Å². The molecule has 0 unspecified atom stereocenters. The van der Waals surface area contributed by atoms with Gasteiger partial charge in [-0.15, -0.1) is 0 Å². The third-order valence-electron chi connectivity index (χ3n) is 3.33. The number of anilines is 1. The maximum Gasteiger partial charge on any atom is 0.187 e. The SMILES string of the molecule is Cc1ccc(C(=O)C=CNc2ccc(C)c(C)c2)cc1. The van der Waals surface area contributed by atoms with Crippen molar-refractivity contribution in [2.75, 3.05) is 5.32 Å². The number of rotatable bonds is 4. The quantitative estimate of drug-likeness (QED) is 0.655. The van der Waals surface area contributed by atoms with Gasteiger partial charge in [-0.05, 0) is 44.0 Å². The Morgan fingerprint density at radius 1 is 0.950 bits per heavy atom. The van der Waals surface area contributed by atoms with Gasteiger partial charge in [-0.2, -0.15) is 0 Å². The van der Waals surface area contributed by atoms with Crippen molar-refractivity contribution < 1.29 is 4.79 Å². The van der Waals surface area contributed by atoms with Crippen LogP contribution in [0.15, 0.2) is 54.7 Å². The van der Waals surface area contributed by atoms with Crippen molar-refractivity contribution in [3.8, 4) is 0 Å². The highest BCUT2D eigenvalue weighted by atomic mass is 16.1. The zero-order chi connectivity index (χ0) is 14.5. The smallest absolute Gasteiger partial charge is 0.187 e. The molecule has 0 saturated carbocycles. The Bertz CT molecular complexity index is 639. The molecule has 0 heterocycles. The molecule has 20 heavy (non-hydrogen) atoms. The number of ketones is 1. The first kappa shape index (κ1) is 14.1. The molecule has 2 nitrogen and oxygen atoms in total. The van der Waals surface area contributed by atoms with Crippen LogP contribution in [0.1, 0.15) is 27.0 Å². The molecule has 0 aliphatic carbocycles. The van der Waals surface area contributed by atoms with Gasteiger partial charge < -0.3 is 5.32 Å². The van der Waals surface area contributed by atoms with Crippen LogP contribution in [-0.2, 0) is 0 Å². The molecule has 2 rings (SSSR count). The lowest BCUT2D eigenvalue weighted by atomic mass is 10.1. The summed E-state index contributed by atoms with van der Waals surface area (Å²) >= 11 is 0. The van der Waals surface area contributed by atoms with E-state index in [1.165, 1.54) is 11.1 Å². The topological polar surface area (TPSA) is 29.1 Å². The fraction of sp³-hybridized carbons (Fsp3) is 0.167. The fourth-order valence-electron chi connectivity index (χ4n) is 1.86. The zero-order valence-corrected chi connectivity index (χ0v) is 12.1. The van der Waals surface area contributed by atoms with Gasteiger partial charge >= 0.3 is 0 Å². The standard InChI is InChI=1S/C18H19NO/c1-13-4-7-16(8-5-13)18(20)10-11-19-17-9-6-14(2)15(3)12-17/h4-12,19H,1-3H3. The first-order valence-electron chi connectivity index (χ1n) is 6.67. The Kier molecular flexibility index (Phi) is 4.36. The molecule has 0 radical (unpaired) electrons. The van der Waals surface area contributed by atoms with Crippen LogP contribution in [0.25, 0.3) is 0 Å². The summed E-state index contributed by atoms with van der Waals surface area (Å²) in [6, 6.07) is 13.7. The molecule has 0 amide bonds.